The molecule has 1 saturated heterocycles. The Morgan fingerprint density at radius 1 is 1.42 bits per heavy atom. The van der Waals surface area contributed by atoms with Crippen LogP contribution in [-0.2, 0) is 7.05 Å². The molecule has 0 bridgehead atoms. The second kappa shape index (κ2) is 7.44. The smallest absolute Gasteiger partial charge is 0.255 e. The van der Waals surface area contributed by atoms with Gasteiger partial charge in [0, 0.05) is 49.4 Å². The van der Waals surface area contributed by atoms with Crippen LogP contribution in [0.25, 0.3) is 0 Å². The van der Waals surface area contributed by atoms with Crippen LogP contribution in [0.3, 0.4) is 0 Å². The van der Waals surface area contributed by atoms with Crippen LogP contribution in [-0.4, -0.2) is 51.7 Å². The molecular formula is C17H24N4O2S. The summed E-state index contributed by atoms with van der Waals surface area (Å²) < 4.78 is 7.01. The van der Waals surface area contributed by atoms with E-state index in [1.165, 1.54) is 0 Å². The van der Waals surface area contributed by atoms with Crippen LogP contribution in [0.1, 0.15) is 33.4 Å². The number of furan rings is 1. The molecule has 0 unspecified atom stereocenters. The highest BCUT2D eigenvalue weighted by atomic mass is 32.2. The zero-order chi connectivity index (χ0) is 17.1. The first-order valence-electron chi connectivity index (χ1n) is 8.20. The largest absolute Gasteiger partial charge is 0.472 e. The van der Waals surface area contributed by atoms with Gasteiger partial charge in [-0.25, -0.2) is 0 Å². The second-order valence-corrected chi connectivity index (χ2v) is 7.33. The topological polar surface area (TPSA) is 63.3 Å². The molecule has 3 heterocycles. The minimum Gasteiger partial charge on any atom is -0.472 e. The third-order valence-corrected chi connectivity index (χ3v) is 5.55. The van der Waals surface area contributed by atoms with Crippen molar-refractivity contribution in [1.82, 2.24) is 20.0 Å². The summed E-state index contributed by atoms with van der Waals surface area (Å²) in [6.07, 6.45) is 3.47. The molecule has 24 heavy (non-hydrogen) atoms. The standard InChI is InChI=1S/C17H24N4O2S/c1-12-16(13(2)20(3)19-12)17(22)18-10-15(14-4-7-23-11-14)21-5-8-24-9-6-21/h4,7,11,15H,5-6,8-10H2,1-3H3,(H,18,22)/t15-/m1/s1. The number of hydrogen-bond acceptors (Lipinski definition) is 5. The molecule has 0 aromatic carbocycles. The van der Waals surface area contributed by atoms with Crippen molar-refractivity contribution in [2.45, 2.75) is 19.9 Å². The van der Waals surface area contributed by atoms with Gasteiger partial charge in [-0.1, -0.05) is 0 Å². The lowest BCUT2D eigenvalue weighted by molar-refractivity contribution is 0.0933. The highest BCUT2D eigenvalue weighted by Crippen LogP contribution is 2.24. The van der Waals surface area contributed by atoms with Gasteiger partial charge in [0.25, 0.3) is 5.91 Å². The Bertz CT molecular complexity index is 690. The van der Waals surface area contributed by atoms with Gasteiger partial charge in [-0.2, -0.15) is 16.9 Å². The van der Waals surface area contributed by atoms with E-state index >= 15 is 0 Å². The molecule has 1 aliphatic heterocycles. The van der Waals surface area contributed by atoms with Crippen LogP contribution in [0.5, 0.6) is 0 Å². The van der Waals surface area contributed by atoms with Crippen LogP contribution in [0.2, 0.25) is 0 Å². The van der Waals surface area contributed by atoms with Crippen molar-refractivity contribution in [2.24, 2.45) is 7.05 Å². The van der Waals surface area contributed by atoms with Crippen LogP contribution >= 0.6 is 11.8 Å². The van der Waals surface area contributed by atoms with E-state index in [1.807, 2.05) is 38.7 Å². The third kappa shape index (κ3) is 3.52. The predicted molar refractivity (Wildman–Crippen MR) is 95.4 cm³/mol. The zero-order valence-electron chi connectivity index (χ0n) is 14.4. The number of carbonyl (C=O) groups is 1. The lowest BCUT2D eigenvalue weighted by atomic mass is 10.1. The Kier molecular flexibility index (Phi) is 5.30. The first kappa shape index (κ1) is 17.1. The van der Waals surface area contributed by atoms with E-state index in [2.05, 4.69) is 15.3 Å². The highest BCUT2D eigenvalue weighted by Gasteiger charge is 2.25. The first-order valence-corrected chi connectivity index (χ1v) is 9.35. The van der Waals surface area contributed by atoms with Gasteiger partial charge in [-0.05, 0) is 19.9 Å². The maximum atomic E-state index is 12.6. The molecule has 0 radical (unpaired) electrons. The molecular weight excluding hydrogens is 324 g/mol. The summed E-state index contributed by atoms with van der Waals surface area (Å²) in [6.45, 7) is 6.42. The molecule has 1 aliphatic rings. The summed E-state index contributed by atoms with van der Waals surface area (Å²) in [5, 5.41) is 7.42. The van der Waals surface area contributed by atoms with Crippen molar-refractivity contribution in [2.75, 3.05) is 31.1 Å². The molecule has 0 saturated carbocycles. The fourth-order valence-electron chi connectivity index (χ4n) is 3.19. The number of thioether (sulfide) groups is 1. The van der Waals surface area contributed by atoms with Gasteiger partial charge in [-0.3, -0.25) is 14.4 Å². The van der Waals surface area contributed by atoms with Crippen molar-refractivity contribution in [3.8, 4) is 0 Å². The molecule has 2 aromatic rings. The minimum absolute atomic E-state index is 0.0574. The molecule has 1 atom stereocenters. The van der Waals surface area contributed by atoms with E-state index in [-0.39, 0.29) is 11.9 Å². The van der Waals surface area contributed by atoms with Gasteiger partial charge in [0.1, 0.15) is 0 Å². The fraction of sp³-hybridized carbons (Fsp3) is 0.529. The number of nitrogens with one attached hydrogen (secondary N) is 1. The summed E-state index contributed by atoms with van der Waals surface area (Å²) in [7, 11) is 1.86. The van der Waals surface area contributed by atoms with Crippen molar-refractivity contribution < 1.29 is 9.21 Å². The third-order valence-electron chi connectivity index (χ3n) is 4.61. The molecule has 1 fully saturated rings. The Balaban J connectivity index is 1.72. The monoisotopic (exact) mass is 348 g/mol. The zero-order valence-corrected chi connectivity index (χ0v) is 15.2. The fourth-order valence-corrected chi connectivity index (χ4v) is 4.12. The molecule has 3 rings (SSSR count). The summed E-state index contributed by atoms with van der Waals surface area (Å²) in [4.78, 5) is 15.1. The molecule has 7 heteroatoms. The summed E-state index contributed by atoms with van der Waals surface area (Å²) >= 11 is 1.98. The molecule has 1 amide bonds. The van der Waals surface area contributed by atoms with Gasteiger partial charge in [0.05, 0.1) is 29.8 Å². The van der Waals surface area contributed by atoms with Crippen molar-refractivity contribution in [3.05, 3.63) is 41.1 Å². The van der Waals surface area contributed by atoms with Crippen LogP contribution in [0.15, 0.2) is 23.0 Å². The Labute approximate surface area is 146 Å². The van der Waals surface area contributed by atoms with Gasteiger partial charge in [0.15, 0.2) is 0 Å². The highest BCUT2D eigenvalue weighted by molar-refractivity contribution is 7.99. The second-order valence-electron chi connectivity index (χ2n) is 6.10. The lowest BCUT2D eigenvalue weighted by Crippen LogP contribution is -2.42. The van der Waals surface area contributed by atoms with Crippen LogP contribution in [0, 0.1) is 13.8 Å². The normalized spacial score (nSPS) is 17.0. The Hall–Kier alpha value is -1.73. The van der Waals surface area contributed by atoms with Gasteiger partial charge in [0.2, 0.25) is 0 Å². The maximum absolute atomic E-state index is 12.6. The molecule has 0 aliphatic carbocycles. The SMILES string of the molecule is Cc1nn(C)c(C)c1C(=O)NC[C@H](c1ccoc1)N1CCSCC1. The quantitative estimate of drug-likeness (QED) is 0.897. The number of aryl methyl sites for hydroxylation is 2. The number of aromatic nitrogens is 2. The van der Waals surface area contributed by atoms with Crippen LogP contribution in [0.4, 0.5) is 0 Å². The van der Waals surface area contributed by atoms with E-state index in [9.17, 15) is 4.79 Å². The lowest BCUT2D eigenvalue weighted by Gasteiger charge is -2.34. The maximum Gasteiger partial charge on any atom is 0.255 e. The number of hydrogen-bond donors (Lipinski definition) is 1. The summed E-state index contributed by atoms with van der Waals surface area (Å²) in [6, 6.07) is 2.13. The molecule has 2 aromatic heterocycles. The van der Waals surface area contributed by atoms with Crippen LogP contribution < -0.4 is 5.32 Å². The summed E-state index contributed by atoms with van der Waals surface area (Å²) in [5.41, 5.74) is 3.44. The number of nitrogens with zero attached hydrogens (tertiary/aromatic N) is 3. The average Bonchev–Trinajstić information content (AvgIpc) is 3.18. The number of carbonyl (C=O) groups excluding carboxylic acids is 1. The van der Waals surface area contributed by atoms with Crippen molar-refractivity contribution in [1.29, 1.82) is 0 Å². The van der Waals surface area contributed by atoms with E-state index in [0.717, 1.165) is 41.5 Å². The van der Waals surface area contributed by atoms with E-state index in [0.29, 0.717) is 12.1 Å². The van der Waals surface area contributed by atoms with E-state index in [4.69, 9.17) is 4.42 Å². The molecule has 6 nitrogen and oxygen atoms in total. The van der Waals surface area contributed by atoms with Gasteiger partial charge >= 0.3 is 0 Å². The Morgan fingerprint density at radius 2 is 2.17 bits per heavy atom. The average molecular weight is 348 g/mol. The molecule has 1 N–H and O–H groups in total. The van der Waals surface area contributed by atoms with Gasteiger partial charge in [-0.15, -0.1) is 0 Å². The molecule has 130 valence electrons. The molecule has 0 spiro atoms. The first-order chi connectivity index (χ1) is 11.6. The number of rotatable bonds is 5. The summed E-state index contributed by atoms with van der Waals surface area (Å²) in [5.74, 6) is 2.20. The van der Waals surface area contributed by atoms with Crippen molar-refractivity contribution >= 4 is 17.7 Å². The van der Waals surface area contributed by atoms with E-state index < -0.39 is 0 Å². The van der Waals surface area contributed by atoms with E-state index in [1.54, 1.807) is 17.2 Å². The van der Waals surface area contributed by atoms with Crippen molar-refractivity contribution in [3.63, 3.8) is 0 Å². The minimum atomic E-state index is -0.0574. The van der Waals surface area contributed by atoms with Gasteiger partial charge < -0.3 is 9.73 Å². The predicted octanol–water partition coefficient (Wildman–Crippen LogP) is 2.15. The Morgan fingerprint density at radius 3 is 2.75 bits per heavy atom. The number of amides is 1.